The number of hydrogen-bond acceptors (Lipinski definition) is 3. The van der Waals surface area contributed by atoms with E-state index < -0.39 is 0 Å². The maximum atomic E-state index is 8.40. The average molecular weight is 256 g/mol. The average Bonchev–Trinajstić information content (AvgIpc) is 2.48. The minimum Gasteiger partial charge on any atom is -0.493 e. The number of oxime groups is 1. The van der Waals surface area contributed by atoms with Crippen molar-refractivity contribution in [2.24, 2.45) is 10.9 Å². The quantitative estimate of drug-likeness (QED) is 0.374. The molecule has 4 heteroatoms. The lowest BCUT2D eigenvalue weighted by atomic mass is 10.1. The number of ether oxygens (including phenoxy) is 1. The molecule has 0 bridgehead atoms. The van der Waals surface area contributed by atoms with Gasteiger partial charge in [-0.1, -0.05) is 47.6 Å². The van der Waals surface area contributed by atoms with E-state index in [1.54, 1.807) is 0 Å². The molecule has 0 saturated heterocycles. The van der Waals surface area contributed by atoms with E-state index in [-0.39, 0.29) is 5.84 Å². The number of hydrogen-bond donors (Lipinski definition) is 2. The number of amidine groups is 1. The van der Waals surface area contributed by atoms with Crippen LogP contribution in [0.4, 0.5) is 0 Å². The summed E-state index contributed by atoms with van der Waals surface area (Å²) in [6.45, 7) is 0.389. The van der Waals surface area contributed by atoms with Crippen LogP contribution in [0.2, 0.25) is 0 Å². The largest absolute Gasteiger partial charge is 0.493 e. The Morgan fingerprint density at radius 3 is 2.26 bits per heavy atom. The zero-order valence-corrected chi connectivity index (χ0v) is 10.5. The normalized spacial score (nSPS) is 11.3. The highest BCUT2D eigenvalue weighted by atomic mass is 16.5. The summed E-state index contributed by atoms with van der Waals surface area (Å²) in [6, 6.07) is 18.0. The molecule has 0 aromatic heterocycles. The number of nitrogens with two attached hydrogens (primary N) is 1. The topological polar surface area (TPSA) is 67.8 Å². The van der Waals surface area contributed by atoms with E-state index in [4.69, 9.17) is 15.7 Å². The summed E-state index contributed by atoms with van der Waals surface area (Å²) in [4.78, 5) is 0. The van der Waals surface area contributed by atoms with Gasteiger partial charge in [0, 0.05) is 6.42 Å². The van der Waals surface area contributed by atoms with Crippen molar-refractivity contribution in [1.82, 2.24) is 0 Å². The second kappa shape index (κ2) is 6.44. The fraction of sp³-hybridized carbons (Fsp3) is 0.133. The van der Waals surface area contributed by atoms with Crippen LogP contribution in [0.1, 0.15) is 6.42 Å². The van der Waals surface area contributed by atoms with Crippen molar-refractivity contribution < 1.29 is 9.94 Å². The first-order valence-corrected chi connectivity index (χ1v) is 6.04. The van der Waals surface area contributed by atoms with Gasteiger partial charge in [0.15, 0.2) is 0 Å². The summed E-state index contributed by atoms with van der Waals surface area (Å²) >= 11 is 0. The third kappa shape index (κ3) is 3.74. The molecule has 0 atom stereocenters. The summed E-state index contributed by atoms with van der Waals surface area (Å²) in [6.07, 6.45) is 0.400. The summed E-state index contributed by atoms with van der Waals surface area (Å²) in [5.74, 6) is 0.936. The number of rotatable bonds is 5. The highest BCUT2D eigenvalue weighted by Gasteiger charge is 1.99. The Kier molecular flexibility index (Phi) is 4.39. The van der Waals surface area contributed by atoms with E-state index >= 15 is 0 Å². The van der Waals surface area contributed by atoms with Crippen molar-refractivity contribution in [3.8, 4) is 16.9 Å². The second-order valence-corrected chi connectivity index (χ2v) is 4.08. The maximum absolute atomic E-state index is 8.40. The Morgan fingerprint density at radius 2 is 1.63 bits per heavy atom. The zero-order valence-electron chi connectivity index (χ0n) is 10.5. The highest BCUT2D eigenvalue weighted by molar-refractivity contribution is 5.79. The lowest BCUT2D eigenvalue weighted by Gasteiger charge is -2.07. The number of benzene rings is 2. The summed E-state index contributed by atoms with van der Waals surface area (Å²) < 4.78 is 5.50. The molecule has 0 fully saturated rings. The maximum Gasteiger partial charge on any atom is 0.142 e. The molecule has 19 heavy (non-hydrogen) atoms. The Morgan fingerprint density at radius 1 is 1.00 bits per heavy atom. The third-order valence-electron chi connectivity index (χ3n) is 2.72. The van der Waals surface area contributed by atoms with Gasteiger partial charge in [-0.2, -0.15) is 0 Å². The predicted octanol–water partition coefficient (Wildman–Crippen LogP) is 2.87. The Labute approximate surface area is 112 Å². The summed E-state index contributed by atoms with van der Waals surface area (Å²) in [5, 5.41) is 11.3. The predicted molar refractivity (Wildman–Crippen MR) is 75.4 cm³/mol. The van der Waals surface area contributed by atoms with E-state index in [2.05, 4.69) is 17.3 Å². The van der Waals surface area contributed by atoms with Crippen LogP contribution >= 0.6 is 0 Å². The van der Waals surface area contributed by atoms with Crippen LogP contribution in [0.5, 0.6) is 5.75 Å². The van der Waals surface area contributed by atoms with Gasteiger partial charge in [-0.05, 0) is 23.3 Å². The van der Waals surface area contributed by atoms with Crippen LogP contribution in [0.15, 0.2) is 59.8 Å². The minimum absolute atomic E-state index is 0.168. The van der Waals surface area contributed by atoms with E-state index in [0.29, 0.717) is 13.0 Å². The number of nitrogens with zero attached hydrogens (tertiary/aromatic N) is 1. The summed E-state index contributed by atoms with van der Waals surface area (Å²) in [5.41, 5.74) is 7.67. The molecule has 0 spiro atoms. The van der Waals surface area contributed by atoms with Crippen molar-refractivity contribution >= 4 is 5.84 Å². The molecule has 0 radical (unpaired) electrons. The molecule has 98 valence electrons. The first-order valence-electron chi connectivity index (χ1n) is 6.04. The molecule has 4 nitrogen and oxygen atoms in total. The van der Waals surface area contributed by atoms with Crippen LogP contribution in [0, 0.1) is 0 Å². The van der Waals surface area contributed by atoms with Crippen molar-refractivity contribution in [1.29, 1.82) is 0 Å². The molecule has 0 aliphatic heterocycles. The van der Waals surface area contributed by atoms with Crippen LogP contribution in [0.25, 0.3) is 11.1 Å². The van der Waals surface area contributed by atoms with Crippen molar-refractivity contribution in [3.05, 3.63) is 54.6 Å². The van der Waals surface area contributed by atoms with Crippen LogP contribution < -0.4 is 10.5 Å². The summed E-state index contributed by atoms with van der Waals surface area (Å²) in [7, 11) is 0. The standard InChI is InChI=1S/C15H16N2O2/c16-15(17-18)10-11-19-14-8-6-13(7-9-14)12-4-2-1-3-5-12/h1-9,18H,10-11H2,(H2,16,17). The molecule has 0 heterocycles. The van der Waals surface area contributed by atoms with Gasteiger partial charge in [0.1, 0.15) is 11.6 Å². The van der Waals surface area contributed by atoms with Gasteiger partial charge in [-0.3, -0.25) is 0 Å². The van der Waals surface area contributed by atoms with Crippen molar-refractivity contribution in [2.45, 2.75) is 6.42 Å². The van der Waals surface area contributed by atoms with Gasteiger partial charge >= 0.3 is 0 Å². The SMILES string of the molecule is N/C(CCOc1ccc(-c2ccccc2)cc1)=N\O. The van der Waals surface area contributed by atoms with Gasteiger partial charge in [0.2, 0.25) is 0 Å². The highest BCUT2D eigenvalue weighted by Crippen LogP contribution is 2.21. The second-order valence-electron chi connectivity index (χ2n) is 4.08. The van der Waals surface area contributed by atoms with E-state index in [1.165, 1.54) is 5.56 Å². The van der Waals surface area contributed by atoms with Crippen LogP contribution in [0.3, 0.4) is 0 Å². The molecule has 3 N–H and O–H groups in total. The van der Waals surface area contributed by atoms with Gasteiger partial charge in [-0.15, -0.1) is 0 Å². The van der Waals surface area contributed by atoms with E-state index in [1.807, 2.05) is 42.5 Å². The van der Waals surface area contributed by atoms with Gasteiger partial charge < -0.3 is 15.7 Å². The Balaban J connectivity index is 1.95. The van der Waals surface area contributed by atoms with Crippen LogP contribution in [-0.2, 0) is 0 Å². The fourth-order valence-corrected chi connectivity index (χ4v) is 1.70. The van der Waals surface area contributed by atoms with E-state index in [9.17, 15) is 0 Å². The van der Waals surface area contributed by atoms with Crippen molar-refractivity contribution in [3.63, 3.8) is 0 Å². The Bertz CT molecular complexity index is 536. The monoisotopic (exact) mass is 256 g/mol. The molecule has 0 saturated carbocycles. The Hall–Kier alpha value is -2.49. The molecule has 2 aromatic rings. The molecule has 0 unspecified atom stereocenters. The first kappa shape index (κ1) is 13.0. The lowest BCUT2D eigenvalue weighted by molar-refractivity contribution is 0.305. The van der Waals surface area contributed by atoms with Gasteiger partial charge in [0.25, 0.3) is 0 Å². The molecule has 2 rings (SSSR count). The van der Waals surface area contributed by atoms with Gasteiger partial charge in [0.05, 0.1) is 6.61 Å². The molecule has 0 aliphatic rings. The molecular weight excluding hydrogens is 240 g/mol. The molecule has 0 amide bonds. The minimum atomic E-state index is 0.168. The first-order chi connectivity index (χ1) is 9.29. The van der Waals surface area contributed by atoms with E-state index in [0.717, 1.165) is 11.3 Å². The lowest BCUT2D eigenvalue weighted by Crippen LogP contribution is -2.15. The third-order valence-corrected chi connectivity index (χ3v) is 2.72. The fourth-order valence-electron chi connectivity index (χ4n) is 1.70. The smallest absolute Gasteiger partial charge is 0.142 e. The molecule has 2 aromatic carbocycles. The molecule has 0 aliphatic carbocycles. The van der Waals surface area contributed by atoms with Crippen molar-refractivity contribution in [2.75, 3.05) is 6.61 Å². The zero-order chi connectivity index (χ0) is 13.5. The van der Waals surface area contributed by atoms with Crippen LogP contribution in [-0.4, -0.2) is 17.6 Å². The molecular formula is C15H16N2O2. The van der Waals surface area contributed by atoms with Gasteiger partial charge in [-0.25, -0.2) is 0 Å².